The highest BCUT2D eigenvalue weighted by Gasteiger charge is 2.33. The van der Waals surface area contributed by atoms with Gasteiger partial charge in [-0.05, 0) is 18.2 Å². The summed E-state index contributed by atoms with van der Waals surface area (Å²) in [7, 11) is 7.37. The molecule has 154 valence electrons. The summed E-state index contributed by atoms with van der Waals surface area (Å²) in [5.41, 5.74) is 2.21. The van der Waals surface area contributed by atoms with Crippen LogP contribution >= 0.6 is 0 Å². The van der Waals surface area contributed by atoms with Gasteiger partial charge in [-0.15, -0.1) is 0 Å². The third kappa shape index (κ3) is 3.86. The normalized spacial score (nSPS) is 19.1. The van der Waals surface area contributed by atoms with Crippen molar-refractivity contribution in [3.63, 3.8) is 0 Å². The van der Waals surface area contributed by atoms with Crippen molar-refractivity contribution < 1.29 is 9.47 Å². The molecule has 8 nitrogen and oxygen atoms in total. The van der Waals surface area contributed by atoms with Gasteiger partial charge in [-0.3, -0.25) is 0 Å². The third-order valence-corrected chi connectivity index (χ3v) is 5.45. The van der Waals surface area contributed by atoms with Gasteiger partial charge in [0.25, 0.3) is 0 Å². The van der Waals surface area contributed by atoms with E-state index in [9.17, 15) is 0 Å². The summed E-state index contributed by atoms with van der Waals surface area (Å²) in [6.45, 7) is 2.30. The number of ether oxygens (including phenoxy) is 2. The Hall–Kier alpha value is -2.84. The van der Waals surface area contributed by atoms with E-state index in [0.717, 1.165) is 41.1 Å². The van der Waals surface area contributed by atoms with Crippen LogP contribution in [0.3, 0.4) is 0 Å². The van der Waals surface area contributed by atoms with Crippen LogP contribution in [0.2, 0.25) is 0 Å². The lowest BCUT2D eigenvalue weighted by Crippen LogP contribution is -2.39. The highest BCUT2D eigenvalue weighted by molar-refractivity contribution is 5.87. The summed E-state index contributed by atoms with van der Waals surface area (Å²) in [5.74, 6) is 2.53. The fourth-order valence-corrected chi connectivity index (χ4v) is 3.90. The smallest absolute Gasteiger partial charge is 0.226 e. The molecule has 1 aliphatic heterocycles. The van der Waals surface area contributed by atoms with Crippen molar-refractivity contribution in [1.82, 2.24) is 20.3 Å². The number of methoxy groups -OCH3 is 2. The Morgan fingerprint density at radius 1 is 1.21 bits per heavy atom. The zero-order valence-corrected chi connectivity index (χ0v) is 17.3. The molecule has 1 aliphatic rings. The van der Waals surface area contributed by atoms with E-state index in [4.69, 9.17) is 9.47 Å². The minimum atomic E-state index is 0.0785. The van der Waals surface area contributed by atoms with Crippen molar-refractivity contribution in [2.75, 3.05) is 51.2 Å². The molecule has 1 fully saturated rings. The molecule has 0 amide bonds. The van der Waals surface area contributed by atoms with Gasteiger partial charge < -0.3 is 29.6 Å². The Labute approximate surface area is 170 Å². The van der Waals surface area contributed by atoms with Crippen molar-refractivity contribution in [3.8, 4) is 5.75 Å². The van der Waals surface area contributed by atoms with Crippen LogP contribution in [0, 0.1) is 0 Å². The second-order valence-electron chi connectivity index (χ2n) is 7.47. The maximum absolute atomic E-state index is 5.76. The summed E-state index contributed by atoms with van der Waals surface area (Å²) in [4.78, 5) is 16.4. The van der Waals surface area contributed by atoms with Gasteiger partial charge in [-0.25, -0.2) is 4.98 Å². The maximum Gasteiger partial charge on any atom is 0.226 e. The van der Waals surface area contributed by atoms with Crippen LogP contribution in [0.25, 0.3) is 10.9 Å². The van der Waals surface area contributed by atoms with E-state index in [0.29, 0.717) is 12.5 Å². The van der Waals surface area contributed by atoms with Gasteiger partial charge in [0.1, 0.15) is 11.6 Å². The SMILES string of the molecule is COc1c(CN[C@H]2CN(c3ccnc(N(C)C)n3)C[C@H]2OC)ccc2[nH]ccc12. The average Bonchev–Trinajstić information content (AvgIpc) is 3.38. The number of H-pyrrole nitrogens is 1. The number of anilines is 2. The van der Waals surface area contributed by atoms with Crippen LogP contribution in [0.4, 0.5) is 11.8 Å². The van der Waals surface area contributed by atoms with Gasteiger partial charge >= 0.3 is 0 Å². The van der Waals surface area contributed by atoms with E-state index in [2.05, 4.69) is 37.3 Å². The fraction of sp³-hybridized carbons (Fsp3) is 0.429. The first kappa shape index (κ1) is 19.5. The molecule has 4 rings (SSSR count). The first-order valence-electron chi connectivity index (χ1n) is 9.75. The second kappa shape index (κ2) is 8.26. The van der Waals surface area contributed by atoms with Crippen molar-refractivity contribution in [2.45, 2.75) is 18.7 Å². The Morgan fingerprint density at radius 3 is 2.83 bits per heavy atom. The minimum absolute atomic E-state index is 0.0785. The number of aromatic nitrogens is 3. The molecule has 1 aromatic carbocycles. The first-order chi connectivity index (χ1) is 14.1. The number of fused-ring (bicyclic) bond motifs is 1. The molecule has 0 saturated carbocycles. The Morgan fingerprint density at radius 2 is 2.07 bits per heavy atom. The van der Waals surface area contributed by atoms with Crippen molar-refractivity contribution in [3.05, 3.63) is 42.2 Å². The van der Waals surface area contributed by atoms with Gasteiger partial charge in [-0.2, -0.15) is 4.98 Å². The van der Waals surface area contributed by atoms with E-state index in [1.165, 1.54) is 0 Å². The molecule has 2 aromatic heterocycles. The van der Waals surface area contributed by atoms with Gasteiger partial charge in [0.05, 0.1) is 19.3 Å². The molecule has 3 aromatic rings. The average molecular weight is 396 g/mol. The third-order valence-electron chi connectivity index (χ3n) is 5.45. The molecule has 1 saturated heterocycles. The van der Waals surface area contributed by atoms with Crippen LogP contribution in [0.15, 0.2) is 36.7 Å². The van der Waals surface area contributed by atoms with Crippen LogP contribution in [-0.4, -0.2) is 68.5 Å². The maximum atomic E-state index is 5.76. The number of hydrogen-bond acceptors (Lipinski definition) is 7. The van der Waals surface area contributed by atoms with Gasteiger partial charge in [0, 0.05) is 69.7 Å². The van der Waals surface area contributed by atoms with Crippen LogP contribution < -0.4 is 19.9 Å². The minimum Gasteiger partial charge on any atom is -0.496 e. The zero-order valence-electron chi connectivity index (χ0n) is 17.3. The lowest BCUT2D eigenvalue weighted by Gasteiger charge is -2.20. The predicted octanol–water partition coefficient (Wildman–Crippen LogP) is 2.03. The van der Waals surface area contributed by atoms with Gasteiger partial charge in [-0.1, -0.05) is 6.07 Å². The number of nitrogens with zero attached hydrogens (tertiary/aromatic N) is 4. The summed E-state index contributed by atoms with van der Waals surface area (Å²) in [6.07, 6.45) is 3.82. The highest BCUT2D eigenvalue weighted by atomic mass is 16.5. The molecule has 29 heavy (non-hydrogen) atoms. The topological polar surface area (TPSA) is 78.5 Å². The lowest BCUT2D eigenvalue weighted by atomic mass is 10.1. The molecule has 0 radical (unpaired) electrons. The molecule has 3 heterocycles. The summed E-state index contributed by atoms with van der Waals surface area (Å²) < 4.78 is 11.4. The van der Waals surface area contributed by atoms with E-state index < -0.39 is 0 Å². The zero-order chi connectivity index (χ0) is 20.4. The number of aromatic amines is 1. The predicted molar refractivity (Wildman–Crippen MR) is 115 cm³/mol. The van der Waals surface area contributed by atoms with Crippen molar-refractivity contribution in [1.29, 1.82) is 0 Å². The summed E-state index contributed by atoms with van der Waals surface area (Å²) in [5, 5.41) is 4.75. The van der Waals surface area contributed by atoms with Gasteiger partial charge in [0.2, 0.25) is 5.95 Å². The largest absolute Gasteiger partial charge is 0.496 e. The Balaban J connectivity index is 1.48. The molecule has 2 N–H and O–H groups in total. The molecule has 0 bridgehead atoms. The fourth-order valence-electron chi connectivity index (χ4n) is 3.90. The Kier molecular flexibility index (Phi) is 5.55. The molecular weight excluding hydrogens is 368 g/mol. The van der Waals surface area contributed by atoms with Gasteiger partial charge in [0.15, 0.2) is 0 Å². The number of benzene rings is 1. The first-order valence-corrected chi connectivity index (χ1v) is 9.75. The van der Waals surface area contributed by atoms with Crippen molar-refractivity contribution in [2.24, 2.45) is 0 Å². The van der Waals surface area contributed by atoms with E-state index in [-0.39, 0.29) is 12.1 Å². The number of rotatable bonds is 7. The summed E-state index contributed by atoms with van der Waals surface area (Å²) >= 11 is 0. The molecule has 0 spiro atoms. The standard InChI is InChI=1S/C21H28N6O2/c1-26(2)21-23-10-8-19(25-21)27-12-17(18(13-27)28-3)24-11-14-5-6-16-15(7-9-22-16)20(14)29-4/h5-10,17-18,22,24H,11-13H2,1-4H3/t17-,18+/m0/s1. The van der Waals surface area contributed by atoms with Crippen molar-refractivity contribution >= 4 is 22.7 Å². The lowest BCUT2D eigenvalue weighted by molar-refractivity contribution is 0.0966. The van der Waals surface area contributed by atoms with E-state index in [1.54, 1.807) is 20.4 Å². The van der Waals surface area contributed by atoms with Crippen LogP contribution in [-0.2, 0) is 11.3 Å². The number of hydrogen-bond donors (Lipinski definition) is 2. The number of nitrogens with one attached hydrogen (secondary N) is 2. The van der Waals surface area contributed by atoms with E-state index >= 15 is 0 Å². The Bertz CT molecular complexity index is 973. The molecule has 0 aliphatic carbocycles. The van der Waals surface area contributed by atoms with Crippen LogP contribution in [0.1, 0.15) is 5.56 Å². The molecule has 0 unspecified atom stereocenters. The monoisotopic (exact) mass is 396 g/mol. The van der Waals surface area contributed by atoms with Crippen LogP contribution in [0.5, 0.6) is 5.75 Å². The molecular formula is C21H28N6O2. The highest BCUT2D eigenvalue weighted by Crippen LogP contribution is 2.29. The van der Waals surface area contributed by atoms with E-state index in [1.807, 2.05) is 37.3 Å². The summed E-state index contributed by atoms with van der Waals surface area (Å²) in [6, 6.07) is 8.37. The quantitative estimate of drug-likeness (QED) is 0.633. The second-order valence-corrected chi connectivity index (χ2v) is 7.47. The molecule has 8 heteroatoms. The molecule has 2 atom stereocenters.